The fraction of sp³-hybridized carbons (Fsp3) is 0.579. The molecule has 0 aromatic heterocycles. The molecule has 2 amide bonds. The molecule has 5 nitrogen and oxygen atoms in total. The number of hydrogen-bond donors (Lipinski definition) is 0. The Morgan fingerprint density at radius 2 is 1.92 bits per heavy atom. The van der Waals surface area contributed by atoms with E-state index in [2.05, 4.69) is 20.8 Å². The number of likely N-dealkylation sites (N-methyl/N-ethyl adjacent to an activating group) is 1. The highest BCUT2D eigenvalue weighted by atomic mass is 16.5. The number of benzene rings is 1. The summed E-state index contributed by atoms with van der Waals surface area (Å²) in [6.45, 7) is 6.92. The highest BCUT2D eigenvalue weighted by Crippen LogP contribution is 2.31. The fourth-order valence-electron chi connectivity index (χ4n) is 3.05. The molecule has 0 N–H and O–H groups in total. The van der Waals surface area contributed by atoms with Crippen molar-refractivity contribution in [2.24, 2.45) is 0 Å². The predicted octanol–water partition coefficient (Wildman–Crippen LogP) is 2.44. The summed E-state index contributed by atoms with van der Waals surface area (Å²) in [7, 11) is 3.44. The number of hydrogen-bond acceptors (Lipinski definition) is 3. The lowest BCUT2D eigenvalue weighted by Crippen LogP contribution is -2.47. The third kappa shape index (κ3) is 4.08. The van der Waals surface area contributed by atoms with Gasteiger partial charge in [-0.25, -0.2) is 0 Å². The average molecular weight is 332 g/mol. The van der Waals surface area contributed by atoms with Crippen LogP contribution in [-0.4, -0.2) is 54.9 Å². The molecule has 5 heteroatoms. The highest BCUT2D eigenvalue weighted by Gasteiger charge is 2.35. The lowest BCUT2D eigenvalue weighted by Gasteiger charge is -2.27. The lowest BCUT2D eigenvalue weighted by molar-refractivity contribution is -0.143. The number of likely N-dealkylation sites (tertiary alicyclic amines) is 1. The molecule has 0 radical (unpaired) electrons. The highest BCUT2D eigenvalue weighted by molar-refractivity contribution is 5.88. The average Bonchev–Trinajstić information content (AvgIpc) is 3.00. The van der Waals surface area contributed by atoms with E-state index in [0.29, 0.717) is 6.54 Å². The third-order valence-corrected chi connectivity index (χ3v) is 4.35. The summed E-state index contributed by atoms with van der Waals surface area (Å²) >= 11 is 0. The van der Waals surface area contributed by atoms with E-state index in [1.807, 2.05) is 24.3 Å². The van der Waals surface area contributed by atoms with Gasteiger partial charge in [0.15, 0.2) is 6.61 Å². The molecule has 1 atom stereocenters. The van der Waals surface area contributed by atoms with Gasteiger partial charge in [-0.3, -0.25) is 9.59 Å². The van der Waals surface area contributed by atoms with Crippen LogP contribution in [0, 0.1) is 0 Å². The quantitative estimate of drug-likeness (QED) is 0.851. The van der Waals surface area contributed by atoms with Crippen molar-refractivity contribution in [3.63, 3.8) is 0 Å². The first-order chi connectivity index (χ1) is 11.2. The Labute approximate surface area is 144 Å². The number of nitrogens with zero attached hydrogens (tertiary/aromatic N) is 2. The van der Waals surface area contributed by atoms with Gasteiger partial charge in [0, 0.05) is 20.6 Å². The molecule has 24 heavy (non-hydrogen) atoms. The van der Waals surface area contributed by atoms with Crippen LogP contribution in [0.2, 0.25) is 0 Å². The van der Waals surface area contributed by atoms with Gasteiger partial charge in [0.05, 0.1) is 0 Å². The van der Waals surface area contributed by atoms with Crippen molar-refractivity contribution in [2.45, 2.75) is 45.1 Å². The molecular formula is C19H28N2O3. The number of rotatable bonds is 4. The van der Waals surface area contributed by atoms with Gasteiger partial charge in [-0.05, 0) is 29.9 Å². The Balaban J connectivity index is 2.05. The topological polar surface area (TPSA) is 49.9 Å². The molecule has 1 saturated heterocycles. The van der Waals surface area contributed by atoms with Crippen molar-refractivity contribution in [1.82, 2.24) is 9.80 Å². The van der Waals surface area contributed by atoms with Gasteiger partial charge >= 0.3 is 0 Å². The Hall–Kier alpha value is -2.04. The largest absolute Gasteiger partial charge is 0.483 e. The summed E-state index contributed by atoms with van der Waals surface area (Å²) < 4.78 is 5.81. The lowest BCUT2D eigenvalue weighted by atomic mass is 9.86. The summed E-state index contributed by atoms with van der Waals surface area (Å²) in [4.78, 5) is 28.0. The van der Waals surface area contributed by atoms with E-state index < -0.39 is 0 Å². The normalized spacial score (nSPS) is 17.7. The Morgan fingerprint density at radius 1 is 1.25 bits per heavy atom. The number of amides is 2. The van der Waals surface area contributed by atoms with Gasteiger partial charge in [-0.1, -0.05) is 39.0 Å². The van der Waals surface area contributed by atoms with Gasteiger partial charge in [0.25, 0.3) is 5.91 Å². The number of carbonyl (C=O) groups excluding carboxylic acids is 2. The van der Waals surface area contributed by atoms with Crippen LogP contribution in [0.15, 0.2) is 24.3 Å². The molecule has 0 aliphatic carbocycles. The SMILES string of the molecule is CN(C)C(=O)C1CCCN1C(=O)COc1ccccc1C(C)(C)C. The molecule has 1 aliphatic rings. The maximum Gasteiger partial charge on any atom is 0.261 e. The molecule has 2 rings (SSSR count). The standard InChI is InChI=1S/C19H28N2O3/c1-19(2,3)14-9-6-7-11-16(14)24-13-17(22)21-12-8-10-15(21)18(23)20(4)5/h6-7,9,11,15H,8,10,12-13H2,1-5H3. The van der Waals surface area contributed by atoms with Crippen LogP contribution in [0.25, 0.3) is 0 Å². The molecule has 1 heterocycles. The molecule has 1 aromatic carbocycles. The second-order valence-electron chi connectivity index (χ2n) is 7.51. The minimum absolute atomic E-state index is 0.0176. The summed E-state index contributed by atoms with van der Waals surface area (Å²) in [6, 6.07) is 7.44. The Bertz CT molecular complexity index is 605. The first kappa shape index (κ1) is 18.3. The van der Waals surface area contributed by atoms with Crippen LogP contribution in [0.5, 0.6) is 5.75 Å². The van der Waals surface area contributed by atoms with Crippen molar-refractivity contribution in [2.75, 3.05) is 27.2 Å². The zero-order valence-electron chi connectivity index (χ0n) is 15.3. The van der Waals surface area contributed by atoms with Crippen molar-refractivity contribution < 1.29 is 14.3 Å². The Morgan fingerprint density at radius 3 is 2.54 bits per heavy atom. The second kappa shape index (κ2) is 7.24. The van der Waals surface area contributed by atoms with Crippen molar-refractivity contribution in [1.29, 1.82) is 0 Å². The Kier molecular flexibility index (Phi) is 5.52. The van der Waals surface area contributed by atoms with Crippen molar-refractivity contribution in [3.8, 4) is 5.75 Å². The van der Waals surface area contributed by atoms with Crippen LogP contribution < -0.4 is 4.74 Å². The summed E-state index contributed by atoms with van der Waals surface area (Å²) in [6.07, 6.45) is 1.58. The summed E-state index contributed by atoms with van der Waals surface area (Å²) in [5, 5.41) is 0. The van der Waals surface area contributed by atoms with E-state index >= 15 is 0 Å². The molecule has 1 unspecified atom stereocenters. The molecule has 0 spiro atoms. The second-order valence-corrected chi connectivity index (χ2v) is 7.51. The van der Waals surface area contributed by atoms with Gasteiger partial charge in [0.2, 0.25) is 5.91 Å². The molecule has 132 valence electrons. The zero-order valence-corrected chi connectivity index (χ0v) is 15.3. The first-order valence-corrected chi connectivity index (χ1v) is 8.44. The van der Waals surface area contributed by atoms with Crippen LogP contribution in [-0.2, 0) is 15.0 Å². The van der Waals surface area contributed by atoms with Gasteiger partial charge in [-0.2, -0.15) is 0 Å². The minimum Gasteiger partial charge on any atom is -0.483 e. The summed E-state index contributed by atoms with van der Waals surface area (Å²) in [5.74, 6) is 0.584. The molecule has 0 bridgehead atoms. The van der Waals surface area contributed by atoms with E-state index in [1.54, 1.807) is 23.9 Å². The maximum atomic E-state index is 12.5. The number of para-hydroxylation sites is 1. The van der Waals surface area contributed by atoms with E-state index in [1.165, 1.54) is 0 Å². The van der Waals surface area contributed by atoms with Crippen molar-refractivity contribution >= 4 is 11.8 Å². The molecular weight excluding hydrogens is 304 g/mol. The maximum absolute atomic E-state index is 12.5. The zero-order chi connectivity index (χ0) is 17.9. The van der Waals surface area contributed by atoms with E-state index in [9.17, 15) is 9.59 Å². The first-order valence-electron chi connectivity index (χ1n) is 8.44. The number of carbonyl (C=O) groups is 2. The number of ether oxygens (including phenoxy) is 1. The molecule has 1 aliphatic heterocycles. The van der Waals surface area contributed by atoms with Crippen LogP contribution in [0.3, 0.4) is 0 Å². The van der Waals surface area contributed by atoms with E-state index in [4.69, 9.17) is 4.74 Å². The van der Waals surface area contributed by atoms with Gasteiger partial charge < -0.3 is 14.5 Å². The van der Waals surface area contributed by atoms with E-state index in [-0.39, 0.29) is 29.9 Å². The van der Waals surface area contributed by atoms with Crippen molar-refractivity contribution in [3.05, 3.63) is 29.8 Å². The minimum atomic E-state index is -0.353. The van der Waals surface area contributed by atoms with Gasteiger partial charge in [-0.15, -0.1) is 0 Å². The van der Waals surface area contributed by atoms with Crippen LogP contribution >= 0.6 is 0 Å². The monoisotopic (exact) mass is 332 g/mol. The predicted molar refractivity (Wildman–Crippen MR) is 94.1 cm³/mol. The smallest absolute Gasteiger partial charge is 0.261 e. The van der Waals surface area contributed by atoms with Crippen LogP contribution in [0.4, 0.5) is 0 Å². The molecule has 1 aromatic rings. The van der Waals surface area contributed by atoms with Crippen LogP contribution in [0.1, 0.15) is 39.2 Å². The molecule has 1 fully saturated rings. The van der Waals surface area contributed by atoms with Gasteiger partial charge in [0.1, 0.15) is 11.8 Å². The molecule has 0 saturated carbocycles. The third-order valence-electron chi connectivity index (χ3n) is 4.35. The van der Waals surface area contributed by atoms with E-state index in [0.717, 1.165) is 24.2 Å². The fourth-order valence-corrected chi connectivity index (χ4v) is 3.05. The summed E-state index contributed by atoms with van der Waals surface area (Å²) in [5.41, 5.74) is 1.01.